The number of hydrogen-bond donors (Lipinski definition) is 1. The Labute approximate surface area is 129 Å². The second kappa shape index (κ2) is 7.23. The fraction of sp³-hybridized carbons (Fsp3) is 0.562. The van der Waals surface area contributed by atoms with Crippen LogP contribution in [-0.4, -0.2) is 29.9 Å². The lowest BCUT2D eigenvalue weighted by Crippen LogP contribution is -2.41. The number of nitrogens with zero attached hydrogens (tertiary/aromatic N) is 1. The summed E-state index contributed by atoms with van der Waals surface area (Å²) < 4.78 is 1.07. The third-order valence-electron chi connectivity index (χ3n) is 4.22. The summed E-state index contributed by atoms with van der Waals surface area (Å²) in [7, 11) is 1.94. The van der Waals surface area contributed by atoms with E-state index in [2.05, 4.69) is 28.1 Å². The van der Waals surface area contributed by atoms with Gasteiger partial charge in [0.2, 0.25) is 5.91 Å². The molecule has 0 unspecified atom stereocenters. The van der Waals surface area contributed by atoms with Crippen molar-refractivity contribution in [1.29, 1.82) is 0 Å². The first-order valence-corrected chi connectivity index (χ1v) is 8.11. The lowest BCUT2D eigenvalue weighted by molar-refractivity contribution is -0.132. The molecule has 0 radical (unpaired) electrons. The first-order chi connectivity index (χ1) is 9.56. The quantitative estimate of drug-likeness (QED) is 0.916. The van der Waals surface area contributed by atoms with Gasteiger partial charge < -0.3 is 10.6 Å². The SMILES string of the molecule is CN(C(=O)CCc1ccc(Br)cc1)C1CCC(N)CC1. The summed E-state index contributed by atoms with van der Waals surface area (Å²) in [4.78, 5) is 14.2. The van der Waals surface area contributed by atoms with E-state index in [1.165, 1.54) is 5.56 Å². The Morgan fingerprint density at radius 2 is 1.85 bits per heavy atom. The van der Waals surface area contributed by atoms with Gasteiger partial charge in [0.15, 0.2) is 0 Å². The van der Waals surface area contributed by atoms with Crippen LogP contribution in [0.3, 0.4) is 0 Å². The van der Waals surface area contributed by atoms with Crippen LogP contribution in [0, 0.1) is 0 Å². The average molecular weight is 339 g/mol. The van der Waals surface area contributed by atoms with Gasteiger partial charge in [-0.15, -0.1) is 0 Å². The van der Waals surface area contributed by atoms with Gasteiger partial charge in [-0.1, -0.05) is 28.1 Å². The third-order valence-corrected chi connectivity index (χ3v) is 4.75. The molecule has 1 aromatic carbocycles. The van der Waals surface area contributed by atoms with Crippen LogP contribution in [0.2, 0.25) is 0 Å². The number of amides is 1. The second-order valence-corrected chi connectivity index (χ2v) is 6.62. The van der Waals surface area contributed by atoms with Gasteiger partial charge in [-0.3, -0.25) is 4.79 Å². The molecule has 2 N–H and O–H groups in total. The fourth-order valence-corrected chi connectivity index (χ4v) is 3.04. The molecule has 1 saturated carbocycles. The lowest BCUT2D eigenvalue weighted by atomic mass is 9.91. The molecule has 1 fully saturated rings. The van der Waals surface area contributed by atoms with Gasteiger partial charge in [0, 0.05) is 30.0 Å². The standard InChI is InChI=1S/C16H23BrN2O/c1-19(15-9-7-14(18)8-10-15)16(20)11-4-12-2-5-13(17)6-3-12/h2-3,5-6,14-15H,4,7-11,18H2,1H3. The van der Waals surface area contributed by atoms with E-state index in [0.29, 0.717) is 18.5 Å². The summed E-state index contributed by atoms with van der Waals surface area (Å²) in [5, 5.41) is 0. The van der Waals surface area contributed by atoms with Gasteiger partial charge in [-0.05, 0) is 49.8 Å². The maximum atomic E-state index is 12.2. The molecule has 0 saturated heterocycles. The number of rotatable bonds is 4. The smallest absolute Gasteiger partial charge is 0.222 e. The number of carbonyl (C=O) groups excluding carboxylic acids is 1. The molecule has 0 heterocycles. The summed E-state index contributed by atoms with van der Waals surface area (Å²) in [5.41, 5.74) is 7.12. The van der Waals surface area contributed by atoms with Crippen LogP contribution in [0.4, 0.5) is 0 Å². The van der Waals surface area contributed by atoms with Gasteiger partial charge >= 0.3 is 0 Å². The largest absolute Gasteiger partial charge is 0.343 e. The van der Waals surface area contributed by atoms with E-state index in [-0.39, 0.29) is 5.91 Å². The molecule has 1 amide bonds. The zero-order valence-electron chi connectivity index (χ0n) is 12.0. The third kappa shape index (κ3) is 4.32. The molecule has 110 valence electrons. The van der Waals surface area contributed by atoms with Crippen LogP contribution in [0.1, 0.15) is 37.7 Å². The minimum atomic E-state index is 0.244. The zero-order chi connectivity index (χ0) is 14.5. The minimum absolute atomic E-state index is 0.244. The monoisotopic (exact) mass is 338 g/mol. The van der Waals surface area contributed by atoms with Crippen molar-refractivity contribution in [3.05, 3.63) is 34.3 Å². The Kier molecular flexibility index (Phi) is 5.61. The van der Waals surface area contributed by atoms with E-state index in [1.807, 2.05) is 24.1 Å². The maximum Gasteiger partial charge on any atom is 0.222 e. The lowest BCUT2D eigenvalue weighted by Gasteiger charge is -2.33. The van der Waals surface area contributed by atoms with Crippen LogP contribution in [0.15, 0.2) is 28.7 Å². The van der Waals surface area contributed by atoms with Crippen molar-refractivity contribution in [2.24, 2.45) is 5.73 Å². The normalized spacial score (nSPS) is 22.6. The topological polar surface area (TPSA) is 46.3 Å². The number of hydrogen-bond acceptors (Lipinski definition) is 2. The second-order valence-electron chi connectivity index (χ2n) is 5.70. The van der Waals surface area contributed by atoms with Crippen molar-refractivity contribution in [3.63, 3.8) is 0 Å². The highest BCUT2D eigenvalue weighted by molar-refractivity contribution is 9.10. The van der Waals surface area contributed by atoms with Gasteiger partial charge in [0.05, 0.1) is 0 Å². The molecule has 20 heavy (non-hydrogen) atoms. The van der Waals surface area contributed by atoms with Crippen molar-refractivity contribution < 1.29 is 4.79 Å². The summed E-state index contributed by atoms with van der Waals surface area (Å²) >= 11 is 3.42. The molecule has 0 aromatic heterocycles. The number of aryl methyl sites for hydroxylation is 1. The van der Waals surface area contributed by atoms with Crippen molar-refractivity contribution in [2.75, 3.05) is 7.05 Å². The molecule has 1 aliphatic rings. The fourth-order valence-electron chi connectivity index (χ4n) is 2.77. The zero-order valence-corrected chi connectivity index (χ0v) is 13.6. The molecule has 4 heteroatoms. The van der Waals surface area contributed by atoms with Crippen LogP contribution in [-0.2, 0) is 11.2 Å². The molecular weight excluding hydrogens is 316 g/mol. The van der Waals surface area contributed by atoms with Crippen molar-refractivity contribution in [1.82, 2.24) is 4.90 Å². The van der Waals surface area contributed by atoms with Gasteiger partial charge in [0.25, 0.3) is 0 Å². The van der Waals surface area contributed by atoms with E-state index < -0.39 is 0 Å². The summed E-state index contributed by atoms with van der Waals surface area (Å²) in [5.74, 6) is 0.244. The first-order valence-electron chi connectivity index (χ1n) is 7.32. The van der Waals surface area contributed by atoms with Crippen LogP contribution in [0.25, 0.3) is 0 Å². The predicted molar refractivity (Wildman–Crippen MR) is 85.5 cm³/mol. The van der Waals surface area contributed by atoms with Gasteiger partial charge in [-0.2, -0.15) is 0 Å². The van der Waals surface area contributed by atoms with E-state index in [4.69, 9.17) is 5.73 Å². The maximum absolute atomic E-state index is 12.2. The van der Waals surface area contributed by atoms with Crippen LogP contribution < -0.4 is 5.73 Å². The van der Waals surface area contributed by atoms with E-state index in [0.717, 1.165) is 36.6 Å². The molecule has 1 aromatic rings. The van der Waals surface area contributed by atoms with Crippen molar-refractivity contribution in [3.8, 4) is 0 Å². The molecule has 0 aliphatic heterocycles. The average Bonchev–Trinajstić information content (AvgIpc) is 2.46. The van der Waals surface area contributed by atoms with E-state index >= 15 is 0 Å². The van der Waals surface area contributed by atoms with Crippen LogP contribution >= 0.6 is 15.9 Å². The molecular formula is C16H23BrN2O. The molecule has 1 aliphatic carbocycles. The molecule has 0 atom stereocenters. The van der Waals surface area contributed by atoms with E-state index in [9.17, 15) is 4.79 Å². The summed E-state index contributed by atoms with van der Waals surface area (Å²) in [6.45, 7) is 0. The Bertz CT molecular complexity index is 438. The Morgan fingerprint density at radius 1 is 1.25 bits per heavy atom. The highest BCUT2D eigenvalue weighted by atomic mass is 79.9. The van der Waals surface area contributed by atoms with Crippen LogP contribution in [0.5, 0.6) is 0 Å². The van der Waals surface area contributed by atoms with Gasteiger partial charge in [-0.25, -0.2) is 0 Å². The number of benzene rings is 1. The molecule has 0 bridgehead atoms. The molecule has 3 nitrogen and oxygen atoms in total. The summed E-state index contributed by atoms with van der Waals surface area (Å²) in [6, 6.07) is 8.89. The number of carbonyl (C=O) groups is 1. The minimum Gasteiger partial charge on any atom is -0.343 e. The Balaban J connectivity index is 1.80. The summed E-state index contributed by atoms with van der Waals surface area (Å²) in [6.07, 6.45) is 5.55. The Morgan fingerprint density at radius 3 is 2.45 bits per heavy atom. The Hall–Kier alpha value is -0.870. The predicted octanol–water partition coefficient (Wildman–Crippen LogP) is 3.11. The highest BCUT2D eigenvalue weighted by Gasteiger charge is 2.24. The highest BCUT2D eigenvalue weighted by Crippen LogP contribution is 2.22. The number of nitrogens with two attached hydrogens (primary N) is 1. The number of halogens is 1. The van der Waals surface area contributed by atoms with Gasteiger partial charge in [0.1, 0.15) is 0 Å². The van der Waals surface area contributed by atoms with Crippen molar-refractivity contribution in [2.45, 2.75) is 50.6 Å². The first kappa shape index (κ1) is 15.5. The molecule has 2 rings (SSSR count). The van der Waals surface area contributed by atoms with E-state index in [1.54, 1.807) is 0 Å². The van der Waals surface area contributed by atoms with Crippen molar-refractivity contribution >= 4 is 21.8 Å². The molecule has 0 spiro atoms.